The molecule has 0 radical (unpaired) electrons. The Labute approximate surface area is 329 Å². The summed E-state index contributed by atoms with van der Waals surface area (Å²) in [5, 5.41) is 0. The second-order valence-corrected chi connectivity index (χ2v) is 14.2. The number of aromatic nitrogens is 4. The van der Waals surface area contributed by atoms with Crippen LogP contribution in [-0.2, 0) is 5.41 Å². The molecule has 1 aliphatic heterocycles. The SMILES string of the molecule is c1ccc(-c2nc(-c3ccccn3)nc(-c3ccccc3-c3ccc4c(c3)Oc3cc5c(cc3O4)C(c3ccccc3)(c3ccccc3)c3ccccc3-5)n2)cc1. The Bertz CT molecular complexity index is 2860. The maximum absolute atomic E-state index is 6.78. The van der Waals surface area contributed by atoms with E-state index in [-0.39, 0.29) is 0 Å². The average Bonchev–Trinajstić information content (AvgIpc) is 3.58. The number of rotatable bonds is 6. The molecule has 7 aromatic carbocycles. The lowest BCUT2D eigenvalue weighted by Gasteiger charge is -2.34. The molecule has 6 heteroatoms. The predicted octanol–water partition coefficient (Wildman–Crippen LogP) is 12.2. The molecule has 0 amide bonds. The van der Waals surface area contributed by atoms with E-state index in [0.717, 1.165) is 33.4 Å². The summed E-state index contributed by atoms with van der Waals surface area (Å²) in [6.45, 7) is 0. The topological polar surface area (TPSA) is 70.0 Å². The molecule has 3 heterocycles. The van der Waals surface area contributed by atoms with Gasteiger partial charge in [-0.2, -0.15) is 0 Å². The number of pyridine rings is 1. The summed E-state index contributed by atoms with van der Waals surface area (Å²) in [6.07, 6.45) is 1.75. The molecule has 0 saturated carbocycles. The number of hydrogen-bond acceptors (Lipinski definition) is 6. The monoisotopic (exact) mass is 732 g/mol. The molecule has 2 aromatic heterocycles. The standard InChI is InChI=1S/C51H32N4O2/c1-4-16-33(17-5-1)48-53-49(55-50(54-48)43-26-14-15-29-52-43)39-24-11-10-22-37(39)34-27-28-44-45(30-34)57-46-31-40-38-23-12-13-25-41(38)51(35-18-6-2-7-19-35,36-20-8-3-9-21-36)42(40)32-47(46)56-44/h1-32H. The lowest BCUT2D eigenvalue weighted by molar-refractivity contribution is 0.359. The summed E-state index contributed by atoms with van der Waals surface area (Å²) in [5.41, 5.74) is 10.9. The number of ether oxygens (including phenoxy) is 2. The highest BCUT2D eigenvalue weighted by Crippen LogP contribution is 2.59. The van der Waals surface area contributed by atoms with Crippen LogP contribution in [0.15, 0.2) is 194 Å². The smallest absolute Gasteiger partial charge is 0.182 e. The van der Waals surface area contributed by atoms with E-state index in [1.165, 1.54) is 22.3 Å². The Morgan fingerprint density at radius 3 is 1.67 bits per heavy atom. The van der Waals surface area contributed by atoms with E-state index in [4.69, 9.17) is 24.4 Å². The molecule has 9 aromatic rings. The fraction of sp³-hybridized carbons (Fsp3) is 0.0196. The van der Waals surface area contributed by atoms with Crippen molar-refractivity contribution in [2.24, 2.45) is 0 Å². The quantitative estimate of drug-likeness (QED) is 0.169. The van der Waals surface area contributed by atoms with Gasteiger partial charge in [0.05, 0.1) is 5.41 Å². The summed E-state index contributed by atoms with van der Waals surface area (Å²) in [4.78, 5) is 19.4. The van der Waals surface area contributed by atoms with Gasteiger partial charge in [-0.25, -0.2) is 15.0 Å². The van der Waals surface area contributed by atoms with Crippen molar-refractivity contribution in [3.63, 3.8) is 0 Å². The Morgan fingerprint density at radius 1 is 0.351 bits per heavy atom. The van der Waals surface area contributed by atoms with Crippen LogP contribution in [0.4, 0.5) is 0 Å². The molecule has 0 unspecified atom stereocenters. The van der Waals surface area contributed by atoms with Crippen molar-refractivity contribution in [2.75, 3.05) is 0 Å². The van der Waals surface area contributed by atoms with Crippen molar-refractivity contribution in [1.82, 2.24) is 19.9 Å². The van der Waals surface area contributed by atoms with Crippen molar-refractivity contribution < 1.29 is 9.47 Å². The predicted molar refractivity (Wildman–Crippen MR) is 223 cm³/mol. The first-order valence-corrected chi connectivity index (χ1v) is 19.0. The average molecular weight is 733 g/mol. The third-order valence-corrected chi connectivity index (χ3v) is 10.9. The molecule has 0 saturated heterocycles. The molecule has 6 nitrogen and oxygen atoms in total. The highest BCUT2D eigenvalue weighted by atomic mass is 16.6. The molecular weight excluding hydrogens is 701 g/mol. The van der Waals surface area contributed by atoms with Gasteiger partial charge >= 0.3 is 0 Å². The van der Waals surface area contributed by atoms with Crippen LogP contribution in [0.5, 0.6) is 23.0 Å². The van der Waals surface area contributed by atoms with Gasteiger partial charge in [0, 0.05) is 17.3 Å². The molecule has 0 spiro atoms. The van der Waals surface area contributed by atoms with Gasteiger partial charge in [-0.05, 0) is 80.9 Å². The van der Waals surface area contributed by atoms with Crippen molar-refractivity contribution in [3.05, 3.63) is 217 Å². The Balaban J connectivity index is 1.02. The number of nitrogens with zero attached hydrogens (tertiary/aromatic N) is 4. The molecule has 0 N–H and O–H groups in total. The molecule has 0 bridgehead atoms. The number of benzene rings is 7. The van der Waals surface area contributed by atoms with E-state index in [1.54, 1.807) is 6.20 Å². The van der Waals surface area contributed by atoms with E-state index in [9.17, 15) is 0 Å². The van der Waals surface area contributed by atoms with E-state index >= 15 is 0 Å². The fourth-order valence-electron chi connectivity index (χ4n) is 8.44. The van der Waals surface area contributed by atoms with Gasteiger partial charge in [0.15, 0.2) is 40.5 Å². The summed E-state index contributed by atoms with van der Waals surface area (Å²) < 4.78 is 13.5. The Morgan fingerprint density at radius 2 is 0.930 bits per heavy atom. The van der Waals surface area contributed by atoms with Gasteiger partial charge in [-0.1, -0.05) is 152 Å². The Kier molecular flexibility index (Phi) is 7.60. The van der Waals surface area contributed by atoms with Gasteiger partial charge in [0.1, 0.15) is 5.69 Å². The van der Waals surface area contributed by atoms with Gasteiger partial charge < -0.3 is 9.47 Å². The minimum atomic E-state index is -0.535. The van der Waals surface area contributed by atoms with E-state index < -0.39 is 5.41 Å². The third kappa shape index (κ3) is 5.34. The summed E-state index contributed by atoms with van der Waals surface area (Å²) in [6, 6.07) is 64.5. The van der Waals surface area contributed by atoms with Gasteiger partial charge in [0.2, 0.25) is 0 Å². The molecule has 57 heavy (non-hydrogen) atoms. The molecule has 0 atom stereocenters. The normalized spacial score (nSPS) is 13.0. The van der Waals surface area contributed by atoms with E-state index in [2.05, 4.69) is 114 Å². The molecule has 2 aliphatic rings. The molecular formula is C51H32N4O2. The molecule has 268 valence electrons. The molecule has 0 fully saturated rings. The van der Waals surface area contributed by atoms with Crippen LogP contribution < -0.4 is 9.47 Å². The highest BCUT2D eigenvalue weighted by molar-refractivity contribution is 5.89. The van der Waals surface area contributed by atoms with Crippen LogP contribution in [0.25, 0.3) is 56.5 Å². The Hall–Kier alpha value is -7.70. The zero-order valence-electron chi connectivity index (χ0n) is 30.6. The summed E-state index contributed by atoms with van der Waals surface area (Å²) >= 11 is 0. The van der Waals surface area contributed by atoms with Crippen molar-refractivity contribution in [3.8, 4) is 79.5 Å². The molecule has 1 aliphatic carbocycles. The van der Waals surface area contributed by atoms with Crippen molar-refractivity contribution in [1.29, 1.82) is 0 Å². The summed E-state index contributed by atoms with van der Waals surface area (Å²) in [5.74, 6) is 4.26. The van der Waals surface area contributed by atoms with Gasteiger partial charge in [0.25, 0.3) is 0 Å². The first kappa shape index (κ1) is 32.7. The number of hydrogen-bond donors (Lipinski definition) is 0. The maximum atomic E-state index is 6.78. The fourth-order valence-corrected chi connectivity index (χ4v) is 8.44. The highest BCUT2D eigenvalue weighted by Gasteiger charge is 2.47. The van der Waals surface area contributed by atoms with Gasteiger partial charge in [-0.15, -0.1) is 0 Å². The van der Waals surface area contributed by atoms with Crippen molar-refractivity contribution >= 4 is 0 Å². The zero-order valence-corrected chi connectivity index (χ0v) is 30.6. The van der Waals surface area contributed by atoms with Crippen LogP contribution >= 0.6 is 0 Å². The minimum Gasteiger partial charge on any atom is -0.450 e. The third-order valence-electron chi connectivity index (χ3n) is 10.9. The first-order valence-electron chi connectivity index (χ1n) is 19.0. The first-order chi connectivity index (χ1) is 28.2. The maximum Gasteiger partial charge on any atom is 0.182 e. The van der Waals surface area contributed by atoms with Crippen LogP contribution in [0.1, 0.15) is 22.3 Å². The largest absolute Gasteiger partial charge is 0.450 e. The zero-order chi connectivity index (χ0) is 37.8. The summed E-state index contributed by atoms with van der Waals surface area (Å²) in [7, 11) is 0. The molecule has 11 rings (SSSR count). The van der Waals surface area contributed by atoms with Crippen molar-refractivity contribution in [2.45, 2.75) is 5.41 Å². The second-order valence-electron chi connectivity index (χ2n) is 14.2. The van der Waals surface area contributed by atoms with Gasteiger partial charge in [-0.3, -0.25) is 4.98 Å². The lowest BCUT2D eigenvalue weighted by Crippen LogP contribution is -2.28. The minimum absolute atomic E-state index is 0.505. The number of fused-ring (bicyclic) bond motifs is 5. The lowest BCUT2D eigenvalue weighted by atomic mass is 9.67. The second kappa shape index (κ2) is 13.3. The van der Waals surface area contributed by atoms with E-state index in [0.29, 0.717) is 46.2 Å². The van der Waals surface area contributed by atoms with Crippen LogP contribution in [0, 0.1) is 0 Å². The van der Waals surface area contributed by atoms with E-state index in [1.807, 2.05) is 78.9 Å². The van der Waals surface area contributed by atoms with Crippen LogP contribution in [0.3, 0.4) is 0 Å². The van der Waals surface area contributed by atoms with Crippen LogP contribution in [0.2, 0.25) is 0 Å². The van der Waals surface area contributed by atoms with Crippen LogP contribution in [-0.4, -0.2) is 19.9 Å².